The molecule has 0 spiro atoms. The molecule has 46 heavy (non-hydrogen) atoms. The van der Waals surface area contributed by atoms with Crippen LogP contribution >= 0.6 is 0 Å². The van der Waals surface area contributed by atoms with Gasteiger partial charge in [-0.05, 0) is 68.1 Å². The molecule has 1 N–H and O–H groups in total. The number of fused-ring (bicyclic) bond motifs is 6. The first-order valence-corrected chi connectivity index (χ1v) is 15.8. The Morgan fingerprint density at radius 1 is 1.02 bits per heavy atom. The summed E-state index contributed by atoms with van der Waals surface area (Å²) in [5, 5.41) is 4.83. The maximum absolute atomic E-state index is 13.6. The number of likely N-dealkylation sites (tertiary alicyclic amines) is 1. The Morgan fingerprint density at radius 2 is 1.89 bits per heavy atom. The Kier molecular flexibility index (Phi) is 6.84. The van der Waals surface area contributed by atoms with Crippen LogP contribution in [0.5, 0.6) is 5.75 Å². The second kappa shape index (κ2) is 11.2. The fourth-order valence-corrected chi connectivity index (χ4v) is 6.89. The van der Waals surface area contributed by atoms with Crippen molar-refractivity contribution in [2.45, 2.75) is 45.2 Å². The van der Waals surface area contributed by atoms with Gasteiger partial charge < -0.3 is 24.4 Å². The first kappa shape index (κ1) is 28.1. The van der Waals surface area contributed by atoms with Crippen molar-refractivity contribution >= 4 is 51.1 Å². The van der Waals surface area contributed by atoms with Gasteiger partial charge in [0.15, 0.2) is 12.3 Å². The van der Waals surface area contributed by atoms with Crippen molar-refractivity contribution < 1.29 is 14.3 Å². The summed E-state index contributed by atoms with van der Waals surface area (Å²) in [6.07, 6.45) is 11.2. The van der Waals surface area contributed by atoms with Crippen LogP contribution in [0.15, 0.2) is 71.8 Å². The van der Waals surface area contributed by atoms with E-state index in [2.05, 4.69) is 39.3 Å². The van der Waals surface area contributed by atoms with Crippen LogP contribution in [-0.4, -0.2) is 66.9 Å². The monoisotopic (exact) mass is 618 g/mol. The largest absolute Gasteiger partial charge is 0.482 e. The quantitative estimate of drug-likeness (QED) is 0.295. The Bertz CT molecular complexity index is 2100. The van der Waals surface area contributed by atoms with Crippen molar-refractivity contribution in [3.8, 4) is 11.4 Å². The Balaban J connectivity index is 1.14. The van der Waals surface area contributed by atoms with Gasteiger partial charge in [-0.15, -0.1) is 0 Å². The highest BCUT2D eigenvalue weighted by atomic mass is 16.5. The molecule has 0 unspecified atom stereocenters. The van der Waals surface area contributed by atoms with Crippen molar-refractivity contribution in [2.75, 3.05) is 36.5 Å². The van der Waals surface area contributed by atoms with Gasteiger partial charge in [0.05, 0.1) is 17.9 Å². The highest BCUT2D eigenvalue weighted by Gasteiger charge is 2.27. The SMILES string of the molecule is CC(=O)N1CCC(n2ccc3cc(Nc4ncc5c(=O)n6n(c5n4)-c4ccc5c(c4)N(CCCC=CC6)C(=O)CO5)ccc32)CC1. The standard InChI is InChI=1S/C34H34N8O4/c1-22(43)38-15-11-25(12-16-38)39-17-10-23-18-24(6-8-28(23)39)36-34-35-20-27-32(37-34)42-26-7-9-30-29(19-26)40(31(44)21-46-30)13-4-2-3-5-14-41(42)33(27)45/h3,5-10,17-20,25H,2,4,11-16,21H2,1H3,(H,35,36,37). The number of piperidine rings is 1. The molecule has 8 rings (SSSR count). The molecule has 3 aromatic heterocycles. The molecule has 2 amide bonds. The number of hydrogen-bond donors (Lipinski definition) is 1. The number of aromatic nitrogens is 5. The number of rotatable bonds is 3. The van der Waals surface area contributed by atoms with Crippen LogP contribution in [0.2, 0.25) is 0 Å². The van der Waals surface area contributed by atoms with Gasteiger partial charge in [-0.2, -0.15) is 4.98 Å². The summed E-state index contributed by atoms with van der Waals surface area (Å²) in [4.78, 5) is 51.2. The van der Waals surface area contributed by atoms with Gasteiger partial charge in [0, 0.05) is 61.6 Å². The van der Waals surface area contributed by atoms with Crippen LogP contribution in [0.3, 0.4) is 0 Å². The molecule has 3 aliphatic rings. The fourth-order valence-electron chi connectivity index (χ4n) is 6.89. The average molecular weight is 619 g/mol. The molecular formula is C34H34N8O4. The second-order valence-electron chi connectivity index (χ2n) is 12.1. The van der Waals surface area contributed by atoms with Crippen molar-refractivity contribution in [1.29, 1.82) is 0 Å². The predicted molar refractivity (Wildman–Crippen MR) is 175 cm³/mol. The van der Waals surface area contributed by atoms with E-state index in [9.17, 15) is 14.4 Å². The van der Waals surface area contributed by atoms with E-state index in [0.717, 1.165) is 55.4 Å². The zero-order chi connectivity index (χ0) is 31.4. The number of ether oxygens (including phenoxy) is 1. The molecule has 6 heterocycles. The van der Waals surface area contributed by atoms with Crippen LogP contribution in [-0.2, 0) is 16.1 Å². The smallest absolute Gasteiger partial charge is 0.278 e. The van der Waals surface area contributed by atoms with E-state index in [1.165, 1.54) is 0 Å². The minimum atomic E-state index is -0.193. The third-order valence-corrected chi connectivity index (χ3v) is 9.28. The van der Waals surface area contributed by atoms with Crippen molar-refractivity contribution in [1.82, 2.24) is 28.8 Å². The molecule has 2 aromatic carbocycles. The lowest BCUT2D eigenvalue weighted by Gasteiger charge is -2.32. The van der Waals surface area contributed by atoms with Crippen molar-refractivity contribution in [3.05, 3.63) is 77.4 Å². The summed E-state index contributed by atoms with van der Waals surface area (Å²) in [7, 11) is 0. The molecular weight excluding hydrogens is 584 g/mol. The number of anilines is 3. The van der Waals surface area contributed by atoms with Gasteiger partial charge in [0.25, 0.3) is 11.5 Å². The molecule has 2 bridgehead atoms. The normalized spacial score (nSPS) is 17.0. The van der Waals surface area contributed by atoms with E-state index in [1.54, 1.807) is 27.4 Å². The summed E-state index contributed by atoms with van der Waals surface area (Å²) in [5.41, 5.74) is 3.63. The van der Waals surface area contributed by atoms with E-state index in [-0.39, 0.29) is 24.0 Å². The van der Waals surface area contributed by atoms with Gasteiger partial charge in [-0.25, -0.2) is 14.3 Å². The number of benzene rings is 2. The topological polar surface area (TPSA) is 120 Å². The molecule has 12 heteroatoms. The van der Waals surface area contributed by atoms with E-state index in [0.29, 0.717) is 53.2 Å². The molecule has 1 saturated heterocycles. The second-order valence-corrected chi connectivity index (χ2v) is 12.1. The first-order chi connectivity index (χ1) is 22.4. The molecule has 0 radical (unpaired) electrons. The lowest BCUT2D eigenvalue weighted by molar-refractivity contribution is -0.130. The molecule has 12 nitrogen and oxygen atoms in total. The van der Waals surface area contributed by atoms with Crippen LogP contribution in [0, 0.1) is 0 Å². The third kappa shape index (κ3) is 4.81. The van der Waals surface area contributed by atoms with Crippen LogP contribution in [0.25, 0.3) is 27.6 Å². The number of amides is 2. The molecule has 3 aliphatic heterocycles. The molecule has 234 valence electrons. The van der Waals surface area contributed by atoms with Crippen LogP contribution < -0.4 is 20.5 Å². The zero-order valence-electron chi connectivity index (χ0n) is 25.6. The van der Waals surface area contributed by atoms with E-state index in [4.69, 9.17) is 9.72 Å². The summed E-state index contributed by atoms with van der Waals surface area (Å²) < 4.78 is 11.5. The lowest BCUT2D eigenvalue weighted by Crippen LogP contribution is -2.39. The number of carbonyl (C=O) groups is 2. The van der Waals surface area contributed by atoms with Crippen molar-refractivity contribution in [2.24, 2.45) is 0 Å². The molecule has 5 aromatic rings. The molecule has 0 saturated carbocycles. The lowest BCUT2D eigenvalue weighted by atomic mass is 10.0. The first-order valence-electron chi connectivity index (χ1n) is 15.8. The minimum absolute atomic E-state index is 0.0125. The summed E-state index contributed by atoms with van der Waals surface area (Å²) >= 11 is 0. The Hall–Kier alpha value is -5.39. The van der Waals surface area contributed by atoms with E-state index in [1.807, 2.05) is 41.3 Å². The summed E-state index contributed by atoms with van der Waals surface area (Å²) in [6.45, 7) is 4.16. The maximum Gasteiger partial charge on any atom is 0.278 e. The zero-order valence-corrected chi connectivity index (χ0v) is 25.6. The number of carbonyl (C=O) groups excluding carboxylic acids is 2. The average Bonchev–Trinajstić information content (AvgIpc) is 3.60. The van der Waals surface area contributed by atoms with E-state index < -0.39 is 0 Å². The number of allylic oxidation sites excluding steroid dienone is 2. The summed E-state index contributed by atoms with van der Waals surface area (Å²) in [6, 6.07) is 14.3. The molecule has 0 atom stereocenters. The minimum Gasteiger partial charge on any atom is -0.482 e. The van der Waals surface area contributed by atoms with E-state index >= 15 is 0 Å². The Morgan fingerprint density at radius 3 is 2.74 bits per heavy atom. The summed E-state index contributed by atoms with van der Waals surface area (Å²) in [5.74, 6) is 1.06. The molecule has 0 aliphatic carbocycles. The third-order valence-electron chi connectivity index (χ3n) is 9.28. The molecule has 1 fully saturated rings. The van der Waals surface area contributed by atoms with Gasteiger partial charge in [-0.1, -0.05) is 12.2 Å². The van der Waals surface area contributed by atoms with Gasteiger partial charge in [-0.3, -0.25) is 14.4 Å². The number of hydrogen-bond acceptors (Lipinski definition) is 7. The van der Waals surface area contributed by atoms with Gasteiger partial charge >= 0.3 is 0 Å². The Labute approximate surface area is 264 Å². The highest BCUT2D eigenvalue weighted by Crippen LogP contribution is 2.35. The van der Waals surface area contributed by atoms with Crippen LogP contribution in [0.1, 0.15) is 38.6 Å². The number of nitrogens with one attached hydrogen (secondary N) is 1. The highest BCUT2D eigenvalue weighted by molar-refractivity contribution is 5.98. The van der Waals surface area contributed by atoms with Gasteiger partial charge in [0.2, 0.25) is 11.9 Å². The van der Waals surface area contributed by atoms with Crippen molar-refractivity contribution in [3.63, 3.8) is 0 Å². The van der Waals surface area contributed by atoms with Crippen LogP contribution in [0.4, 0.5) is 17.3 Å². The fraction of sp³-hybridized carbons (Fsp3) is 0.324. The maximum atomic E-state index is 13.6. The van der Waals surface area contributed by atoms with Gasteiger partial charge in [0.1, 0.15) is 11.1 Å². The predicted octanol–water partition coefficient (Wildman–Crippen LogP) is 4.54. The number of nitrogens with zero attached hydrogens (tertiary/aromatic N) is 7.